The van der Waals surface area contributed by atoms with E-state index in [1.807, 2.05) is 0 Å². The van der Waals surface area contributed by atoms with Crippen LogP contribution in [0.15, 0.2) is 0 Å². The maximum Gasteiger partial charge on any atom is 0.0123 e. The SMILES string of the molecule is C/C(NC(C)C)=P\C(C)C. The molecule has 0 aromatic heterocycles. The topological polar surface area (TPSA) is 12.0 Å². The smallest absolute Gasteiger partial charge is 0.0123 e. The van der Waals surface area contributed by atoms with Gasteiger partial charge in [0.1, 0.15) is 0 Å². The normalized spacial score (nSPS) is 13.3. The second kappa shape index (κ2) is 4.87. The molecule has 0 radical (unpaired) electrons. The predicted molar refractivity (Wildman–Crippen MR) is 51.0 cm³/mol. The number of nitrogens with one attached hydrogen (secondary N) is 1. The third kappa shape index (κ3) is 6.25. The van der Waals surface area contributed by atoms with Crippen LogP contribution in [0.5, 0.6) is 0 Å². The molecule has 0 rings (SSSR count). The van der Waals surface area contributed by atoms with Gasteiger partial charge in [-0.1, -0.05) is 22.1 Å². The van der Waals surface area contributed by atoms with Crippen molar-refractivity contribution in [2.24, 2.45) is 0 Å². The first-order valence-electron chi connectivity index (χ1n) is 3.83. The van der Waals surface area contributed by atoms with E-state index in [-0.39, 0.29) is 0 Å². The van der Waals surface area contributed by atoms with Gasteiger partial charge in [0.15, 0.2) is 0 Å². The largest absolute Gasteiger partial charge is 0.286 e. The van der Waals surface area contributed by atoms with Crippen LogP contribution in [0, 0.1) is 0 Å². The average molecular weight is 159 g/mol. The van der Waals surface area contributed by atoms with Gasteiger partial charge in [-0.25, -0.2) is 0 Å². The summed E-state index contributed by atoms with van der Waals surface area (Å²) >= 11 is 0. The highest BCUT2D eigenvalue weighted by Gasteiger charge is 1.94. The molecule has 2 heteroatoms. The summed E-state index contributed by atoms with van der Waals surface area (Å²) in [6.07, 6.45) is 0. The summed E-state index contributed by atoms with van der Waals surface area (Å²) in [6.45, 7) is 10.9. The zero-order valence-corrected chi connectivity index (χ0v) is 8.50. The van der Waals surface area contributed by atoms with Gasteiger partial charge in [0.2, 0.25) is 0 Å². The minimum atomic E-state index is 0.575. The Morgan fingerprint density at radius 3 is 2.00 bits per heavy atom. The molecule has 1 nitrogen and oxygen atoms in total. The Morgan fingerprint density at radius 1 is 1.20 bits per heavy atom. The minimum Gasteiger partial charge on any atom is -0.286 e. The molecular formula is C8H18NP. The Labute approximate surface area is 66.0 Å². The summed E-state index contributed by atoms with van der Waals surface area (Å²) in [7, 11) is 1.42. The van der Waals surface area contributed by atoms with Crippen LogP contribution in [0.3, 0.4) is 0 Å². The van der Waals surface area contributed by atoms with Crippen molar-refractivity contribution >= 4 is 13.6 Å². The first-order valence-corrected chi connectivity index (χ1v) is 4.79. The van der Waals surface area contributed by atoms with E-state index in [2.05, 4.69) is 39.9 Å². The van der Waals surface area contributed by atoms with Crippen molar-refractivity contribution in [2.45, 2.75) is 46.3 Å². The second-order valence-corrected chi connectivity index (χ2v) is 5.07. The van der Waals surface area contributed by atoms with E-state index in [1.54, 1.807) is 0 Å². The maximum absolute atomic E-state index is 3.38. The van der Waals surface area contributed by atoms with E-state index in [4.69, 9.17) is 0 Å². The predicted octanol–water partition coefficient (Wildman–Crippen LogP) is 2.49. The van der Waals surface area contributed by atoms with Gasteiger partial charge >= 0.3 is 0 Å². The van der Waals surface area contributed by atoms with Crippen LogP contribution in [0.2, 0.25) is 0 Å². The molecule has 1 N–H and O–H groups in total. The average Bonchev–Trinajstić information content (AvgIpc) is 1.58. The molecule has 0 heterocycles. The van der Waals surface area contributed by atoms with Gasteiger partial charge in [-0.2, -0.15) is 0 Å². The Balaban J connectivity index is 3.71. The van der Waals surface area contributed by atoms with Crippen LogP contribution in [-0.2, 0) is 0 Å². The molecule has 0 aliphatic rings. The van der Waals surface area contributed by atoms with E-state index in [0.29, 0.717) is 6.04 Å². The van der Waals surface area contributed by atoms with Gasteiger partial charge in [0.05, 0.1) is 0 Å². The summed E-state index contributed by atoms with van der Waals surface area (Å²) in [5.41, 5.74) is 2.12. The van der Waals surface area contributed by atoms with E-state index in [0.717, 1.165) is 5.66 Å². The molecule has 0 fully saturated rings. The van der Waals surface area contributed by atoms with Crippen LogP contribution in [-0.4, -0.2) is 17.1 Å². The molecule has 10 heavy (non-hydrogen) atoms. The van der Waals surface area contributed by atoms with E-state index in [1.165, 1.54) is 13.6 Å². The first-order chi connectivity index (χ1) is 4.52. The highest BCUT2D eigenvalue weighted by Crippen LogP contribution is 2.07. The fourth-order valence-electron chi connectivity index (χ4n) is 0.842. The van der Waals surface area contributed by atoms with E-state index >= 15 is 0 Å². The third-order valence-corrected chi connectivity index (χ3v) is 1.98. The fraction of sp³-hybridized carbons (Fsp3) is 0.875. The van der Waals surface area contributed by atoms with Crippen LogP contribution in [0.1, 0.15) is 34.6 Å². The van der Waals surface area contributed by atoms with Gasteiger partial charge < -0.3 is 0 Å². The van der Waals surface area contributed by atoms with Gasteiger partial charge in [-0.15, -0.1) is 0 Å². The molecule has 0 saturated heterocycles. The Morgan fingerprint density at radius 2 is 1.70 bits per heavy atom. The highest BCUT2D eigenvalue weighted by molar-refractivity contribution is 7.41. The lowest BCUT2D eigenvalue weighted by atomic mass is 10.4. The molecule has 0 aliphatic heterocycles. The van der Waals surface area contributed by atoms with Crippen molar-refractivity contribution in [2.75, 3.05) is 0 Å². The maximum atomic E-state index is 3.38. The molecule has 0 aliphatic carbocycles. The van der Waals surface area contributed by atoms with Crippen molar-refractivity contribution in [1.29, 1.82) is 0 Å². The molecule has 0 unspecified atom stereocenters. The number of hydrogen-bond donors (Lipinski definition) is 1. The quantitative estimate of drug-likeness (QED) is 0.624. The highest BCUT2D eigenvalue weighted by atomic mass is 31.1. The zero-order chi connectivity index (χ0) is 8.15. The Hall–Kier alpha value is 0.130. The van der Waals surface area contributed by atoms with Gasteiger partial charge in [0, 0.05) is 11.5 Å². The summed E-state index contributed by atoms with van der Waals surface area (Å²) < 4.78 is 0. The van der Waals surface area contributed by atoms with Crippen LogP contribution >= 0.6 is 8.20 Å². The second-order valence-electron chi connectivity index (χ2n) is 3.11. The van der Waals surface area contributed by atoms with Crippen LogP contribution in [0.25, 0.3) is 0 Å². The van der Waals surface area contributed by atoms with Gasteiger partial charge in [-0.05, 0) is 26.4 Å². The molecule has 0 bridgehead atoms. The molecule has 0 aromatic carbocycles. The van der Waals surface area contributed by atoms with Gasteiger partial charge in [0.25, 0.3) is 0 Å². The van der Waals surface area contributed by atoms with E-state index in [9.17, 15) is 0 Å². The van der Waals surface area contributed by atoms with Gasteiger partial charge in [-0.3, -0.25) is 5.32 Å². The third-order valence-electron chi connectivity index (χ3n) is 0.949. The first kappa shape index (κ1) is 10.1. The standard InChI is InChI=1S/C8H18NP/c1-6(2)9-8(5)10-7(3)4/h6-7,9H,1-5H3. The fourth-order valence-corrected chi connectivity index (χ4v) is 1.95. The molecule has 60 valence electrons. The summed E-state index contributed by atoms with van der Waals surface area (Å²) in [4.78, 5) is 0. The summed E-state index contributed by atoms with van der Waals surface area (Å²) in [6, 6.07) is 0.575. The van der Waals surface area contributed by atoms with Crippen molar-refractivity contribution in [3.05, 3.63) is 0 Å². The van der Waals surface area contributed by atoms with Crippen LogP contribution in [0.4, 0.5) is 0 Å². The van der Waals surface area contributed by atoms with E-state index < -0.39 is 0 Å². The number of hydrogen-bond acceptors (Lipinski definition) is 0. The molecular weight excluding hydrogens is 141 g/mol. The van der Waals surface area contributed by atoms with Crippen LogP contribution < -0.4 is 5.32 Å². The zero-order valence-electron chi connectivity index (χ0n) is 7.60. The minimum absolute atomic E-state index is 0.575. The lowest BCUT2D eigenvalue weighted by molar-refractivity contribution is 0.738. The molecule has 0 saturated carbocycles. The lowest BCUT2D eigenvalue weighted by Crippen LogP contribution is -2.26. The van der Waals surface area contributed by atoms with Crippen molar-refractivity contribution < 1.29 is 0 Å². The lowest BCUT2D eigenvalue weighted by Gasteiger charge is -2.08. The summed E-state index contributed by atoms with van der Waals surface area (Å²) in [5, 5.41) is 3.38. The molecule has 0 atom stereocenters. The Bertz CT molecular complexity index is 116. The monoisotopic (exact) mass is 159 g/mol. The molecule has 0 spiro atoms. The molecule has 0 amide bonds. The number of rotatable bonds is 3. The Kier molecular flexibility index (Phi) is 4.93. The van der Waals surface area contributed by atoms with Crippen molar-refractivity contribution in [3.63, 3.8) is 0 Å². The molecule has 0 aromatic rings. The van der Waals surface area contributed by atoms with Crippen molar-refractivity contribution in [1.82, 2.24) is 5.32 Å². The summed E-state index contributed by atoms with van der Waals surface area (Å²) in [5.74, 6) is 0. The van der Waals surface area contributed by atoms with Crippen molar-refractivity contribution in [3.8, 4) is 0 Å².